The first kappa shape index (κ1) is 12.5. The summed E-state index contributed by atoms with van der Waals surface area (Å²) in [5.74, 6) is 2.97. The quantitative estimate of drug-likeness (QED) is 0.930. The molecule has 0 aliphatic carbocycles. The minimum atomic E-state index is -0.935. The smallest absolute Gasteiger partial charge is 0.335 e. The molecule has 0 radical (unpaired) electrons. The molecule has 3 rings (SSSR count). The Kier molecular flexibility index (Phi) is 3.42. The summed E-state index contributed by atoms with van der Waals surface area (Å²) >= 11 is 2.00. The van der Waals surface area contributed by atoms with E-state index in [9.17, 15) is 4.79 Å². The van der Waals surface area contributed by atoms with Gasteiger partial charge >= 0.3 is 5.97 Å². The predicted octanol–water partition coefficient (Wildman–Crippen LogP) is 2.11. The Hall–Kier alpha value is -1.56. The van der Waals surface area contributed by atoms with Crippen LogP contribution in [0.2, 0.25) is 0 Å². The lowest BCUT2D eigenvalue weighted by Crippen LogP contribution is -2.13. The van der Waals surface area contributed by atoms with Crippen molar-refractivity contribution in [2.75, 3.05) is 11.5 Å². The molecular formula is C13H15N3O2S. The van der Waals surface area contributed by atoms with Crippen LogP contribution in [-0.4, -0.2) is 37.2 Å². The third-order valence-electron chi connectivity index (χ3n) is 3.35. The lowest BCUT2D eigenvalue weighted by molar-refractivity contribution is 0.0697. The molecule has 1 N–H and O–H groups in total. The number of rotatable bonds is 3. The van der Waals surface area contributed by atoms with Gasteiger partial charge in [-0.05, 0) is 42.4 Å². The van der Waals surface area contributed by atoms with Gasteiger partial charge in [0.1, 0.15) is 0 Å². The Balaban J connectivity index is 1.82. The highest BCUT2D eigenvalue weighted by Crippen LogP contribution is 2.25. The Labute approximate surface area is 115 Å². The summed E-state index contributed by atoms with van der Waals surface area (Å²) < 4.78 is 1.65. The van der Waals surface area contributed by atoms with Gasteiger partial charge in [0.05, 0.1) is 5.56 Å². The van der Waals surface area contributed by atoms with E-state index in [-0.39, 0.29) is 5.56 Å². The van der Waals surface area contributed by atoms with Crippen LogP contribution in [0.1, 0.15) is 29.0 Å². The van der Waals surface area contributed by atoms with Gasteiger partial charge in [-0.15, -0.1) is 0 Å². The highest BCUT2D eigenvalue weighted by molar-refractivity contribution is 7.99. The van der Waals surface area contributed by atoms with Crippen LogP contribution < -0.4 is 0 Å². The van der Waals surface area contributed by atoms with Gasteiger partial charge in [0.25, 0.3) is 0 Å². The molecule has 0 saturated carbocycles. The van der Waals surface area contributed by atoms with Crippen LogP contribution in [0, 0.1) is 5.92 Å². The number of carbonyl (C=O) groups is 1. The monoisotopic (exact) mass is 277 g/mol. The van der Waals surface area contributed by atoms with E-state index >= 15 is 0 Å². The van der Waals surface area contributed by atoms with Crippen molar-refractivity contribution in [3.05, 3.63) is 29.7 Å². The van der Waals surface area contributed by atoms with E-state index in [4.69, 9.17) is 5.11 Å². The van der Waals surface area contributed by atoms with Gasteiger partial charge in [-0.1, -0.05) is 0 Å². The molecule has 19 heavy (non-hydrogen) atoms. The summed E-state index contributed by atoms with van der Waals surface area (Å²) in [5, 5.41) is 13.4. The van der Waals surface area contributed by atoms with Gasteiger partial charge in [-0.3, -0.25) is 0 Å². The third kappa shape index (κ3) is 2.73. The molecule has 1 fully saturated rings. The number of carboxylic acid groups (broad SMARTS) is 1. The summed E-state index contributed by atoms with van der Waals surface area (Å²) in [7, 11) is 0. The fraction of sp³-hybridized carbons (Fsp3) is 0.462. The maximum atomic E-state index is 10.9. The Bertz CT molecular complexity index is 605. The number of pyridine rings is 1. The van der Waals surface area contributed by atoms with Gasteiger partial charge < -0.3 is 5.11 Å². The molecule has 0 bridgehead atoms. The van der Waals surface area contributed by atoms with E-state index in [0.29, 0.717) is 11.6 Å². The van der Waals surface area contributed by atoms with Crippen molar-refractivity contribution < 1.29 is 9.90 Å². The Morgan fingerprint density at radius 1 is 1.58 bits per heavy atom. The van der Waals surface area contributed by atoms with E-state index in [1.165, 1.54) is 24.3 Å². The minimum Gasteiger partial charge on any atom is -0.478 e. The standard InChI is InChI=1S/C13H15N3O2S/c17-13(18)10-3-4-16-12(7-10)14-11(15-16)6-9-2-1-5-19-8-9/h3-4,7,9H,1-2,5-6,8H2,(H,17,18). The number of carboxylic acids is 1. The van der Waals surface area contributed by atoms with Gasteiger partial charge in [0.15, 0.2) is 11.5 Å². The second kappa shape index (κ2) is 5.21. The lowest BCUT2D eigenvalue weighted by atomic mass is 10.0. The molecule has 6 heteroatoms. The molecule has 0 spiro atoms. The van der Waals surface area contributed by atoms with Gasteiger partial charge in [-0.25, -0.2) is 14.3 Å². The SMILES string of the molecule is O=C(O)c1ccn2nc(CC3CCCSC3)nc2c1. The number of thioether (sulfide) groups is 1. The highest BCUT2D eigenvalue weighted by atomic mass is 32.2. The van der Waals surface area contributed by atoms with Crippen molar-refractivity contribution in [2.45, 2.75) is 19.3 Å². The molecule has 5 nitrogen and oxygen atoms in total. The van der Waals surface area contributed by atoms with Gasteiger partial charge in [-0.2, -0.15) is 16.9 Å². The summed E-state index contributed by atoms with van der Waals surface area (Å²) in [6.07, 6.45) is 5.05. The van der Waals surface area contributed by atoms with Crippen LogP contribution >= 0.6 is 11.8 Å². The van der Waals surface area contributed by atoms with Crippen LogP contribution in [-0.2, 0) is 6.42 Å². The van der Waals surface area contributed by atoms with Crippen molar-refractivity contribution in [3.8, 4) is 0 Å². The second-order valence-corrected chi connectivity index (χ2v) is 5.99. The van der Waals surface area contributed by atoms with Gasteiger partial charge in [0, 0.05) is 12.6 Å². The Morgan fingerprint density at radius 3 is 3.21 bits per heavy atom. The molecule has 3 heterocycles. The zero-order valence-corrected chi connectivity index (χ0v) is 11.3. The van der Waals surface area contributed by atoms with Crippen molar-refractivity contribution >= 4 is 23.4 Å². The van der Waals surface area contributed by atoms with E-state index in [1.54, 1.807) is 22.8 Å². The summed E-state index contributed by atoms with van der Waals surface area (Å²) in [5.41, 5.74) is 0.859. The molecule has 1 unspecified atom stereocenters. The summed E-state index contributed by atoms with van der Waals surface area (Å²) in [6.45, 7) is 0. The molecule has 100 valence electrons. The lowest BCUT2D eigenvalue weighted by Gasteiger charge is -2.19. The number of hydrogen-bond donors (Lipinski definition) is 1. The van der Waals surface area contributed by atoms with Crippen molar-refractivity contribution in [3.63, 3.8) is 0 Å². The summed E-state index contributed by atoms with van der Waals surface area (Å²) in [6, 6.07) is 3.11. The topological polar surface area (TPSA) is 67.5 Å². The number of fused-ring (bicyclic) bond motifs is 1. The van der Waals surface area contributed by atoms with Crippen molar-refractivity contribution in [2.24, 2.45) is 5.92 Å². The molecule has 2 aromatic heterocycles. The molecule has 0 aromatic carbocycles. The first-order valence-electron chi connectivity index (χ1n) is 6.39. The minimum absolute atomic E-state index is 0.250. The van der Waals surface area contributed by atoms with E-state index in [1.807, 2.05) is 11.8 Å². The van der Waals surface area contributed by atoms with Crippen LogP contribution in [0.25, 0.3) is 5.65 Å². The molecular weight excluding hydrogens is 262 g/mol. The van der Waals surface area contributed by atoms with Crippen LogP contribution in [0.5, 0.6) is 0 Å². The molecule has 1 aliphatic rings. The largest absolute Gasteiger partial charge is 0.478 e. The number of aromatic nitrogens is 3. The fourth-order valence-corrected chi connectivity index (χ4v) is 3.53. The zero-order valence-electron chi connectivity index (χ0n) is 10.5. The summed E-state index contributed by atoms with van der Waals surface area (Å²) in [4.78, 5) is 15.3. The van der Waals surface area contributed by atoms with E-state index in [0.717, 1.165) is 12.2 Å². The normalized spacial score (nSPS) is 19.7. The molecule has 1 atom stereocenters. The number of aromatic carboxylic acids is 1. The first-order valence-corrected chi connectivity index (χ1v) is 7.54. The molecule has 1 saturated heterocycles. The molecule has 1 aliphatic heterocycles. The molecule has 0 amide bonds. The number of hydrogen-bond acceptors (Lipinski definition) is 4. The van der Waals surface area contributed by atoms with Crippen molar-refractivity contribution in [1.82, 2.24) is 14.6 Å². The zero-order chi connectivity index (χ0) is 13.2. The Morgan fingerprint density at radius 2 is 2.47 bits per heavy atom. The molecule has 2 aromatic rings. The van der Waals surface area contributed by atoms with Crippen LogP contribution in [0.15, 0.2) is 18.3 Å². The second-order valence-electron chi connectivity index (χ2n) is 4.84. The average molecular weight is 277 g/mol. The fourth-order valence-electron chi connectivity index (χ4n) is 2.37. The highest BCUT2D eigenvalue weighted by Gasteiger charge is 2.17. The van der Waals surface area contributed by atoms with E-state index in [2.05, 4.69) is 10.1 Å². The third-order valence-corrected chi connectivity index (χ3v) is 4.64. The maximum absolute atomic E-state index is 10.9. The van der Waals surface area contributed by atoms with Crippen LogP contribution in [0.4, 0.5) is 0 Å². The van der Waals surface area contributed by atoms with E-state index < -0.39 is 5.97 Å². The van der Waals surface area contributed by atoms with Gasteiger partial charge in [0.2, 0.25) is 0 Å². The predicted molar refractivity (Wildman–Crippen MR) is 73.7 cm³/mol. The van der Waals surface area contributed by atoms with Crippen LogP contribution in [0.3, 0.4) is 0 Å². The number of nitrogens with zero attached hydrogens (tertiary/aromatic N) is 3. The first-order chi connectivity index (χ1) is 9.22. The maximum Gasteiger partial charge on any atom is 0.335 e. The van der Waals surface area contributed by atoms with Crippen molar-refractivity contribution in [1.29, 1.82) is 0 Å². The average Bonchev–Trinajstić information content (AvgIpc) is 2.80.